The Morgan fingerprint density at radius 2 is 2.00 bits per heavy atom. The van der Waals surface area contributed by atoms with Gasteiger partial charge in [0.25, 0.3) is 5.91 Å². The molecular formula is C19H16ClFN2O4S2. The largest absolute Gasteiger partial charge is 0.484 e. The van der Waals surface area contributed by atoms with Gasteiger partial charge in [0.2, 0.25) is 0 Å². The zero-order valence-corrected chi connectivity index (χ0v) is 17.4. The molecule has 2 aliphatic rings. The van der Waals surface area contributed by atoms with E-state index in [4.69, 9.17) is 16.3 Å². The molecule has 0 aliphatic carbocycles. The Morgan fingerprint density at radius 1 is 1.24 bits per heavy atom. The number of aliphatic imine (C=N–C) groups is 1. The maximum absolute atomic E-state index is 14.0. The third-order valence-corrected chi connectivity index (χ3v) is 8.09. The summed E-state index contributed by atoms with van der Waals surface area (Å²) < 4.78 is 43.6. The van der Waals surface area contributed by atoms with Crippen LogP contribution in [0.1, 0.15) is 0 Å². The lowest BCUT2D eigenvalue weighted by atomic mass is 10.2. The number of hydrogen-bond acceptors (Lipinski definition) is 5. The predicted molar refractivity (Wildman–Crippen MR) is 112 cm³/mol. The van der Waals surface area contributed by atoms with E-state index in [1.807, 2.05) is 6.07 Å². The van der Waals surface area contributed by atoms with Gasteiger partial charge in [0.15, 0.2) is 21.6 Å². The van der Waals surface area contributed by atoms with Gasteiger partial charge in [0.05, 0.1) is 22.6 Å². The minimum absolute atomic E-state index is 0.0113. The van der Waals surface area contributed by atoms with E-state index < -0.39 is 27.6 Å². The number of benzene rings is 2. The predicted octanol–water partition coefficient (Wildman–Crippen LogP) is 3.16. The van der Waals surface area contributed by atoms with Crippen molar-refractivity contribution in [3.8, 4) is 5.75 Å². The average molecular weight is 455 g/mol. The Kier molecular flexibility index (Phi) is 5.54. The summed E-state index contributed by atoms with van der Waals surface area (Å²) in [5, 5.41) is 0.0145. The van der Waals surface area contributed by atoms with Crippen LogP contribution in [0.5, 0.6) is 5.75 Å². The molecule has 0 N–H and O–H groups in total. The molecule has 2 heterocycles. The van der Waals surface area contributed by atoms with Crippen molar-refractivity contribution in [1.29, 1.82) is 0 Å². The number of carbonyl (C=O) groups excluding carboxylic acids is 1. The van der Waals surface area contributed by atoms with E-state index in [9.17, 15) is 17.6 Å². The second kappa shape index (κ2) is 7.97. The lowest BCUT2D eigenvalue weighted by molar-refractivity contribution is -0.119. The molecule has 2 aromatic rings. The van der Waals surface area contributed by atoms with Crippen molar-refractivity contribution < 1.29 is 22.3 Å². The number of carbonyl (C=O) groups is 1. The number of thioether (sulfide) groups is 1. The summed E-state index contributed by atoms with van der Waals surface area (Å²) in [4.78, 5) is 18.1. The van der Waals surface area contributed by atoms with Gasteiger partial charge >= 0.3 is 0 Å². The van der Waals surface area contributed by atoms with Gasteiger partial charge in [-0.3, -0.25) is 4.79 Å². The van der Waals surface area contributed by atoms with Gasteiger partial charge < -0.3 is 9.64 Å². The minimum Gasteiger partial charge on any atom is -0.484 e. The molecule has 10 heteroatoms. The zero-order chi connectivity index (χ0) is 20.6. The standard InChI is InChI=1S/C19H16ClFN2O4S2/c20-14-7-6-12(8-15(14)21)23-16-10-29(25,26)11-17(16)28-19(23)22-18(24)9-27-13-4-2-1-3-5-13/h1-8,16-17H,9-11H2/t16-,17+/m1/s1. The SMILES string of the molecule is O=C(COc1ccccc1)N=C1S[C@H]2CS(=O)(=O)C[C@H]2N1c1ccc(Cl)c(F)c1. The first-order chi connectivity index (χ1) is 13.8. The van der Waals surface area contributed by atoms with Gasteiger partial charge in [-0.05, 0) is 30.3 Å². The van der Waals surface area contributed by atoms with Gasteiger partial charge in [-0.1, -0.05) is 41.6 Å². The fourth-order valence-electron chi connectivity index (χ4n) is 3.30. The van der Waals surface area contributed by atoms with E-state index in [0.717, 1.165) is 0 Å². The van der Waals surface area contributed by atoms with Crippen LogP contribution in [0.15, 0.2) is 53.5 Å². The molecule has 4 rings (SSSR count). The Morgan fingerprint density at radius 3 is 2.72 bits per heavy atom. The highest BCUT2D eigenvalue weighted by Crippen LogP contribution is 2.41. The molecular weight excluding hydrogens is 439 g/mol. The summed E-state index contributed by atoms with van der Waals surface area (Å²) in [7, 11) is -3.21. The van der Waals surface area contributed by atoms with Crippen molar-refractivity contribution in [3.63, 3.8) is 0 Å². The topological polar surface area (TPSA) is 76.0 Å². The first kappa shape index (κ1) is 20.2. The van der Waals surface area contributed by atoms with Crippen LogP contribution in [-0.2, 0) is 14.6 Å². The molecule has 2 aliphatic heterocycles. The average Bonchev–Trinajstić information content (AvgIpc) is 3.14. The first-order valence-electron chi connectivity index (χ1n) is 8.73. The number of amidine groups is 1. The van der Waals surface area contributed by atoms with E-state index in [2.05, 4.69) is 4.99 Å². The molecule has 2 saturated heterocycles. The number of sulfone groups is 1. The van der Waals surface area contributed by atoms with E-state index in [1.165, 1.54) is 23.9 Å². The van der Waals surface area contributed by atoms with Crippen molar-refractivity contribution in [1.82, 2.24) is 0 Å². The molecule has 0 bridgehead atoms. The van der Waals surface area contributed by atoms with E-state index in [1.54, 1.807) is 35.2 Å². The number of nitrogens with zero attached hydrogens (tertiary/aromatic N) is 2. The maximum Gasteiger partial charge on any atom is 0.285 e. The maximum atomic E-state index is 14.0. The number of hydrogen-bond donors (Lipinski definition) is 0. The quantitative estimate of drug-likeness (QED) is 0.706. The summed E-state index contributed by atoms with van der Waals surface area (Å²) in [6.45, 7) is -0.259. The molecule has 1 amide bonds. The fourth-order valence-corrected chi connectivity index (χ4v) is 7.35. The third-order valence-electron chi connectivity index (χ3n) is 4.57. The molecule has 2 aromatic carbocycles. The highest BCUT2D eigenvalue weighted by Gasteiger charge is 2.49. The van der Waals surface area contributed by atoms with Crippen LogP contribution in [0, 0.1) is 5.82 Å². The molecule has 6 nitrogen and oxygen atoms in total. The molecule has 152 valence electrons. The second-order valence-corrected chi connectivity index (χ2v) is 10.4. The lowest BCUT2D eigenvalue weighted by Gasteiger charge is -2.24. The molecule has 0 saturated carbocycles. The van der Waals surface area contributed by atoms with Crippen LogP contribution >= 0.6 is 23.4 Å². The first-order valence-corrected chi connectivity index (χ1v) is 11.8. The van der Waals surface area contributed by atoms with Crippen molar-refractivity contribution in [2.75, 3.05) is 23.0 Å². The van der Waals surface area contributed by atoms with Crippen LogP contribution in [-0.4, -0.2) is 48.9 Å². The lowest BCUT2D eigenvalue weighted by Crippen LogP contribution is -2.38. The zero-order valence-electron chi connectivity index (χ0n) is 15.0. The van der Waals surface area contributed by atoms with E-state index in [-0.39, 0.29) is 28.4 Å². The summed E-state index contributed by atoms with van der Waals surface area (Å²) in [5.41, 5.74) is 0.402. The highest BCUT2D eigenvalue weighted by molar-refractivity contribution is 8.16. The number of rotatable bonds is 4. The second-order valence-electron chi connectivity index (χ2n) is 6.66. The van der Waals surface area contributed by atoms with Crippen molar-refractivity contribution in [2.24, 2.45) is 4.99 Å². The van der Waals surface area contributed by atoms with Gasteiger partial charge in [-0.2, -0.15) is 4.99 Å². The van der Waals surface area contributed by atoms with Gasteiger partial charge in [0.1, 0.15) is 11.6 Å². The molecule has 0 unspecified atom stereocenters. The summed E-state index contributed by atoms with van der Waals surface area (Å²) in [6, 6.07) is 12.6. The number of amides is 1. The van der Waals surface area contributed by atoms with Crippen LogP contribution in [0.3, 0.4) is 0 Å². The van der Waals surface area contributed by atoms with Crippen molar-refractivity contribution >= 4 is 50.0 Å². The van der Waals surface area contributed by atoms with Gasteiger partial charge in [-0.25, -0.2) is 12.8 Å². The fraction of sp³-hybridized carbons (Fsp3) is 0.263. The highest BCUT2D eigenvalue weighted by atomic mass is 35.5. The van der Waals surface area contributed by atoms with Crippen LogP contribution in [0.2, 0.25) is 5.02 Å². The Bertz CT molecular complexity index is 1080. The molecule has 29 heavy (non-hydrogen) atoms. The molecule has 2 fully saturated rings. The van der Waals surface area contributed by atoms with Crippen LogP contribution in [0.4, 0.5) is 10.1 Å². The smallest absolute Gasteiger partial charge is 0.285 e. The summed E-state index contributed by atoms with van der Waals surface area (Å²) in [6.07, 6.45) is 0. The molecule has 2 atom stereocenters. The Hall–Kier alpha value is -2.10. The normalized spacial score (nSPS) is 23.9. The van der Waals surface area contributed by atoms with Gasteiger partial charge in [-0.15, -0.1) is 0 Å². The van der Waals surface area contributed by atoms with E-state index in [0.29, 0.717) is 16.6 Å². The van der Waals surface area contributed by atoms with Crippen molar-refractivity contribution in [3.05, 3.63) is 59.4 Å². The Labute approximate surface area is 176 Å². The minimum atomic E-state index is -3.21. The summed E-state index contributed by atoms with van der Waals surface area (Å²) >= 11 is 6.98. The van der Waals surface area contributed by atoms with E-state index >= 15 is 0 Å². The number of ether oxygens (including phenoxy) is 1. The van der Waals surface area contributed by atoms with Crippen molar-refractivity contribution in [2.45, 2.75) is 11.3 Å². The summed E-state index contributed by atoms with van der Waals surface area (Å²) in [5.74, 6) is -0.694. The third kappa shape index (κ3) is 4.41. The Balaban J connectivity index is 1.59. The number of anilines is 1. The van der Waals surface area contributed by atoms with Crippen LogP contribution < -0.4 is 9.64 Å². The monoisotopic (exact) mass is 454 g/mol. The molecule has 0 spiro atoms. The number of halogens is 2. The van der Waals surface area contributed by atoms with Gasteiger partial charge in [0, 0.05) is 10.9 Å². The number of fused-ring (bicyclic) bond motifs is 1. The molecule has 0 radical (unpaired) electrons. The van der Waals surface area contributed by atoms with Crippen LogP contribution in [0.25, 0.3) is 0 Å². The molecule has 0 aromatic heterocycles. The number of para-hydroxylation sites is 1.